The van der Waals surface area contributed by atoms with E-state index in [4.69, 9.17) is 10.1 Å². The van der Waals surface area contributed by atoms with Crippen LogP contribution >= 0.6 is 0 Å². The number of nitrogens with one attached hydrogen (secondary N) is 1. The van der Waals surface area contributed by atoms with E-state index in [-0.39, 0.29) is 6.42 Å². The number of aliphatic carboxylic acids is 1. The highest BCUT2D eigenvalue weighted by Crippen LogP contribution is 2.24. The Kier molecular flexibility index (Phi) is 5.47. The first-order valence-electron chi connectivity index (χ1n) is 7.59. The zero-order valence-corrected chi connectivity index (χ0v) is 13.0. The molecule has 2 aromatic heterocycles. The maximum Gasteiger partial charge on any atom is 0.303 e. The SMILES string of the molecule is CCC(=O)O.CCCCc1nc2ccccc2c2[nH]cnc12. The third-order valence-electron chi connectivity index (χ3n) is 3.41. The molecule has 3 rings (SSSR count). The number of nitrogens with zero attached hydrogens (tertiary/aromatic N) is 2. The number of aromatic nitrogens is 3. The molecule has 22 heavy (non-hydrogen) atoms. The van der Waals surface area contributed by atoms with Gasteiger partial charge in [-0.15, -0.1) is 0 Å². The van der Waals surface area contributed by atoms with Gasteiger partial charge in [-0.1, -0.05) is 38.5 Å². The number of aryl methyl sites for hydroxylation is 1. The number of fused-ring (bicyclic) bond motifs is 3. The molecule has 0 bridgehead atoms. The van der Waals surface area contributed by atoms with Gasteiger partial charge in [-0.3, -0.25) is 9.78 Å². The quantitative estimate of drug-likeness (QED) is 0.765. The number of H-pyrrole nitrogens is 1. The molecule has 3 aromatic rings. The van der Waals surface area contributed by atoms with E-state index in [1.807, 2.05) is 12.1 Å². The lowest BCUT2D eigenvalue weighted by atomic mass is 10.1. The Labute approximate surface area is 129 Å². The topological polar surface area (TPSA) is 78.9 Å². The summed E-state index contributed by atoms with van der Waals surface area (Å²) >= 11 is 0. The van der Waals surface area contributed by atoms with Crippen LogP contribution in [0.1, 0.15) is 38.8 Å². The number of benzene rings is 1. The van der Waals surface area contributed by atoms with Gasteiger partial charge in [0, 0.05) is 11.8 Å². The third-order valence-corrected chi connectivity index (χ3v) is 3.41. The van der Waals surface area contributed by atoms with Crippen molar-refractivity contribution in [3.05, 3.63) is 36.3 Å². The van der Waals surface area contributed by atoms with Crippen molar-refractivity contribution in [2.45, 2.75) is 39.5 Å². The summed E-state index contributed by atoms with van der Waals surface area (Å²) in [6.07, 6.45) is 5.32. The van der Waals surface area contributed by atoms with Crippen LogP contribution in [0.2, 0.25) is 0 Å². The zero-order chi connectivity index (χ0) is 15.9. The molecule has 116 valence electrons. The molecule has 0 aliphatic heterocycles. The number of hydrogen-bond acceptors (Lipinski definition) is 3. The molecule has 0 aliphatic rings. The first kappa shape index (κ1) is 15.9. The van der Waals surface area contributed by atoms with Crippen molar-refractivity contribution in [2.24, 2.45) is 0 Å². The summed E-state index contributed by atoms with van der Waals surface area (Å²) in [6, 6.07) is 8.22. The number of unbranched alkanes of at least 4 members (excludes halogenated alkanes) is 1. The van der Waals surface area contributed by atoms with Gasteiger partial charge in [0.2, 0.25) is 0 Å². The van der Waals surface area contributed by atoms with Crippen LogP contribution in [-0.4, -0.2) is 26.0 Å². The summed E-state index contributed by atoms with van der Waals surface area (Å²) in [4.78, 5) is 21.7. The summed E-state index contributed by atoms with van der Waals surface area (Å²) in [5.74, 6) is -0.745. The first-order valence-corrected chi connectivity index (χ1v) is 7.59. The Morgan fingerprint density at radius 1 is 1.27 bits per heavy atom. The molecule has 0 unspecified atom stereocenters. The third kappa shape index (κ3) is 3.61. The largest absolute Gasteiger partial charge is 0.481 e. The number of para-hydroxylation sites is 1. The predicted molar refractivity (Wildman–Crippen MR) is 87.9 cm³/mol. The Morgan fingerprint density at radius 2 is 2.00 bits per heavy atom. The van der Waals surface area contributed by atoms with Crippen LogP contribution in [0, 0.1) is 0 Å². The molecule has 0 aliphatic carbocycles. The fraction of sp³-hybridized carbons (Fsp3) is 0.353. The zero-order valence-electron chi connectivity index (χ0n) is 13.0. The van der Waals surface area contributed by atoms with Gasteiger partial charge in [0.1, 0.15) is 5.52 Å². The van der Waals surface area contributed by atoms with Gasteiger partial charge in [-0.05, 0) is 18.9 Å². The van der Waals surface area contributed by atoms with Crippen molar-refractivity contribution in [1.82, 2.24) is 15.0 Å². The summed E-state index contributed by atoms with van der Waals surface area (Å²) in [6.45, 7) is 3.80. The number of carbonyl (C=O) groups is 1. The van der Waals surface area contributed by atoms with Crippen LogP contribution in [0.25, 0.3) is 21.9 Å². The molecule has 2 heterocycles. The van der Waals surface area contributed by atoms with Crippen LogP contribution in [0.15, 0.2) is 30.6 Å². The van der Waals surface area contributed by atoms with Crippen LogP contribution in [0.3, 0.4) is 0 Å². The molecule has 0 radical (unpaired) electrons. The molecule has 0 saturated carbocycles. The first-order chi connectivity index (χ1) is 10.7. The van der Waals surface area contributed by atoms with Crippen molar-refractivity contribution < 1.29 is 9.90 Å². The number of rotatable bonds is 4. The second-order valence-corrected chi connectivity index (χ2v) is 5.05. The molecular formula is C17H21N3O2. The number of hydrogen-bond donors (Lipinski definition) is 2. The maximum absolute atomic E-state index is 9.37. The van der Waals surface area contributed by atoms with Crippen molar-refractivity contribution in [1.29, 1.82) is 0 Å². The molecule has 0 fully saturated rings. The number of pyridine rings is 1. The Balaban J connectivity index is 0.000000309. The van der Waals surface area contributed by atoms with Gasteiger partial charge in [0.25, 0.3) is 0 Å². The van der Waals surface area contributed by atoms with E-state index in [0.717, 1.165) is 40.5 Å². The average Bonchev–Trinajstić information content (AvgIpc) is 3.03. The van der Waals surface area contributed by atoms with E-state index in [1.165, 1.54) is 6.42 Å². The van der Waals surface area contributed by atoms with Gasteiger partial charge >= 0.3 is 5.97 Å². The van der Waals surface area contributed by atoms with E-state index in [1.54, 1.807) is 13.3 Å². The van der Waals surface area contributed by atoms with Crippen LogP contribution < -0.4 is 0 Å². The minimum absolute atomic E-state index is 0.222. The second-order valence-electron chi connectivity index (χ2n) is 5.05. The summed E-state index contributed by atoms with van der Waals surface area (Å²) in [5.41, 5.74) is 4.30. The summed E-state index contributed by atoms with van der Waals surface area (Å²) in [7, 11) is 0. The fourth-order valence-electron chi connectivity index (χ4n) is 2.22. The number of carboxylic acid groups (broad SMARTS) is 1. The van der Waals surface area contributed by atoms with Gasteiger partial charge < -0.3 is 10.1 Å². The van der Waals surface area contributed by atoms with Crippen molar-refractivity contribution in [2.75, 3.05) is 0 Å². The fourth-order valence-corrected chi connectivity index (χ4v) is 2.22. The maximum atomic E-state index is 9.37. The molecule has 1 aromatic carbocycles. The van der Waals surface area contributed by atoms with E-state index in [2.05, 4.69) is 29.0 Å². The Hall–Kier alpha value is -2.43. The normalized spacial score (nSPS) is 10.5. The lowest BCUT2D eigenvalue weighted by Gasteiger charge is -2.04. The van der Waals surface area contributed by atoms with Crippen LogP contribution in [0.5, 0.6) is 0 Å². The minimum atomic E-state index is -0.745. The van der Waals surface area contributed by atoms with Gasteiger partial charge in [-0.2, -0.15) is 0 Å². The standard InChI is InChI=1S/C14H15N3.C3H6O2/c1-2-3-7-12-14-13(15-9-16-14)10-6-4-5-8-11(10)17-12;1-2-3(4)5/h4-6,8-9H,2-3,7H2,1H3,(H,15,16);2H2,1H3,(H,4,5). The lowest BCUT2D eigenvalue weighted by molar-refractivity contribution is -0.136. The lowest BCUT2D eigenvalue weighted by Crippen LogP contribution is -1.93. The molecule has 0 atom stereocenters. The molecular weight excluding hydrogens is 278 g/mol. The van der Waals surface area contributed by atoms with E-state index < -0.39 is 5.97 Å². The average molecular weight is 299 g/mol. The van der Waals surface area contributed by atoms with Crippen LogP contribution in [-0.2, 0) is 11.2 Å². The minimum Gasteiger partial charge on any atom is -0.481 e. The highest BCUT2D eigenvalue weighted by molar-refractivity contribution is 6.02. The smallest absolute Gasteiger partial charge is 0.303 e. The van der Waals surface area contributed by atoms with Gasteiger partial charge in [-0.25, -0.2) is 4.98 Å². The van der Waals surface area contributed by atoms with Crippen molar-refractivity contribution in [3.63, 3.8) is 0 Å². The number of carboxylic acids is 1. The Bertz CT molecular complexity index is 765. The second kappa shape index (κ2) is 7.54. The van der Waals surface area contributed by atoms with Crippen LogP contribution in [0.4, 0.5) is 0 Å². The highest BCUT2D eigenvalue weighted by Gasteiger charge is 2.09. The van der Waals surface area contributed by atoms with Gasteiger partial charge in [0.05, 0.1) is 23.1 Å². The van der Waals surface area contributed by atoms with E-state index in [0.29, 0.717) is 0 Å². The monoisotopic (exact) mass is 299 g/mol. The molecule has 2 N–H and O–H groups in total. The molecule has 0 saturated heterocycles. The van der Waals surface area contributed by atoms with Crippen molar-refractivity contribution in [3.8, 4) is 0 Å². The molecule has 0 amide bonds. The van der Waals surface area contributed by atoms with Crippen molar-refractivity contribution >= 4 is 27.9 Å². The molecule has 5 nitrogen and oxygen atoms in total. The van der Waals surface area contributed by atoms with E-state index in [9.17, 15) is 4.79 Å². The summed E-state index contributed by atoms with van der Waals surface area (Å²) < 4.78 is 0. The van der Waals surface area contributed by atoms with E-state index >= 15 is 0 Å². The Morgan fingerprint density at radius 3 is 2.68 bits per heavy atom. The highest BCUT2D eigenvalue weighted by atomic mass is 16.4. The summed E-state index contributed by atoms with van der Waals surface area (Å²) in [5, 5.41) is 8.88. The molecule has 5 heteroatoms. The van der Waals surface area contributed by atoms with Gasteiger partial charge in [0.15, 0.2) is 0 Å². The number of imidazole rings is 1. The number of aromatic amines is 1. The predicted octanol–water partition coefficient (Wildman–Crippen LogP) is 3.93. The molecule has 0 spiro atoms.